The van der Waals surface area contributed by atoms with Crippen molar-refractivity contribution in [3.05, 3.63) is 43.0 Å². The van der Waals surface area contributed by atoms with Crippen LogP contribution in [0, 0.1) is 0 Å². The maximum atomic E-state index is 11.7. The van der Waals surface area contributed by atoms with Gasteiger partial charge in [-0.2, -0.15) is 0 Å². The van der Waals surface area contributed by atoms with Gasteiger partial charge < -0.3 is 20.4 Å². The third-order valence-electron chi connectivity index (χ3n) is 2.68. The summed E-state index contributed by atoms with van der Waals surface area (Å²) in [5.41, 5.74) is 6.24. The summed E-state index contributed by atoms with van der Waals surface area (Å²) in [5, 5.41) is 2.86. The second-order valence-corrected chi connectivity index (χ2v) is 4.59. The molecule has 1 heterocycles. The molecule has 1 unspecified atom stereocenters. The van der Waals surface area contributed by atoms with Crippen LogP contribution in [0.2, 0.25) is 0 Å². The number of ether oxygens (including phenoxy) is 1. The van der Waals surface area contributed by atoms with Crippen LogP contribution in [0.1, 0.15) is 6.92 Å². The van der Waals surface area contributed by atoms with Gasteiger partial charge in [-0.1, -0.05) is 6.07 Å². The lowest BCUT2D eigenvalue weighted by Crippen LogP contribution is -2.38. The SMILES string of the molecule is CC(Cn1ccnc1)NC(=O)COc1cccc(N)c1. The highest BCUT2D eigenvalue weighted by Gasteiger charge is 2.08. The summed E-state index contributed by atoms with van der Waals surface area (Å²) in [7, 11) is 0. The molecule has 0 saturated carbocycles. The van der Waals surface area contributed by atoms with Gasteiger partial charge in [0.25, 0.3) is 5.91 Å². The van der Waals surface area contributed by atoms with Crippen LogP contribution in [0.3, 0.4) is 0 Å². The number of nitrogens with zero attached hydrogens (tertiary/aromatic N) is 2. The van der Waals surface area contributed by atoms with E-state index in [1.165, 1.54) is 0 Å². The molecule has 0 fully saturated rings. The van der Waals surface area contributed by atoms with Gasteiger partial charge in [-0.25, -0.2) is 4.98 Å². The van der Waals surface area contributed by atoms with E-state index in [-0.39, 0.29) is 18.6 Å². The van der Waals surface area contributed by atoms with E-state index in [1.807, 2.05) is 17.7 Å². The van der Waals surface area contributed by atoms with Gasteiger partial charge >= 0.3 is 0 Å². The average molecular weight is 274 g/mol. The topological polar surface area (TPSA) is 82.2 Å². The molecule has 20 heavy (non-hydrogen) atoms. The van der Waals surface area contributed by atoms with Crippen LogP contribution in [0.4, 0.5) is 5.69 Å². The number of aromatic nitrogens is 2. The first-order valence-corrected chi connectivity index (χ1v) is 6.37. The Balaban J connectivity index is 1.75. The Morgan fingerprint density at radius 3 is 3.10 bits per heavy atom. The van der Waals surface area contributed by atoms with Crippen molar-refractivity contribution in [1.82, 2.24) is 14.9 Å². The molecule has 0 bridgehead atoms. The first-order chi connectivity index (χ1) is 9.63. The van der Waals surface area contributed by atoms with Gasteiger partial charge in [-0.15, -0.1) is 0 Å². The average Bonchev–Trinajstić information content (AvgIpc) is 2.89. The molecule has 1 atom stereocenters. The van der Waals surface area contributed by atoms with Gasteiger partial charge in [0.1, 0.15) is 5.75 Å². The Morgan fingerprint density at radius 1 is 1.55 bits per heavy atom. The van der Waals surface area contributed by atoms with Crippen LogP contribution >= 0.6 is 0 Å². The summed E-state index contributed by atoms with van der Waals surface area (Å²) in [6, 6.07) is 6.99. The molecule has 2 aromatic rings. The molecule has 1 aromatic carbocycles. The number of nitrogens with one attached hydrogen (secondary N) is 1. The fourth-order valence-corrected chi connectivity index (χ4v) is 1.83. The summed E-state index contributed by atoms with van der Waals surface area (Å²) in [6.45, 7) is 2.57. The Hall–Kier alpha value is -2.50. The Kier molecular flexibility index (Phi) is 4.60. The minimum absolute atomic E-state index is 0.00106. The number of benzene rings is 1. The van der Waals surface area contributed by atoms with E-state index in [0.717, 1.165) is 0 Å². The standard InChI is InChI=1S/C14H18N4O2/c1-11(8-18-6-5-16-10-18)17-14(19)9-20-13-4-2-3-12(15)7-13/h2-7,10-11H,8-9,15H2,1H3,(H,17,19). The maximum Gasteiger partial charge on any atom is 0.258 e. The number of carbonyl (C=O) groups excluding carboxylic acids is 1. The van der Waals surface area contributed by atoms with E-state index in [4.69, 9.17) is 10.5 Å². The highest BCUT2D eigenvalue weighted by molar-refractivity contribution is 5.77. The molecular weight excluding hydrogens is 256 g/mol. The maximum absolute atomic E-state index is 11.7. The van der Waals surface area contributed by atoms with Crippen molar-refractivity contribution in [2.45, 2.75) is 19.5 Å². The second-order valence-electron chi connectivity index (χ2n) is 4.59. The summed E-state index contributed by atoms with van der Waals surface area (Å²) in [4.78, 5) is 15.7. The summed E-state index contributed by atoms with van der Waals surface area (Å²) < 4.78 is 7.28. The van der Waals surface area contributed by atoms with Gasteiger partial charge in [0, 0.05) is 36.7 Å². The zero-order chi connectivity index (χ0) is 14.4. The van der Waals surface area contributed by atoms with Crippen molar-refractivity contribution in [2.75, 3.05) is 12.3 Å². The minimum Gasteiger partial charge on any atom is -0.484 e. The van der Waals surface area contributed by atoms with Crippen molar-refractivity contribution >= 4 is 11.6 Å². The Morgan fingerprint density at radius 2 is 2.40 bits per heavy atom. The van der Waals surface area contributed by atoms with Crippen molar-refractivity contribution in [3.8, 4) is 5.75 Å². The number of carbonyl (C=O) groups is 1. The Labute approximate surface area is 117 Å². The van der Waals surface area contributed by atoms with E-state index in [9.17, 15) is 4.79 Å². The first kappa shape index (κ1) is 13.9. The van der Waals surface area contributed by atoms with Crippen molar-refractivity contribution in [2.24, 2.45) is 0 Å². The molecule has 3 N–H and O–H groups in total. The fraction of sp³-hybridized carbons (Fsp3) is 0.286. The van der Waals surface area contributed by atoms with Crippen LogP contribution in [0.15, 0.2) is 43.0 Å². The lowest BCUT2D eigenvalue weighted by molar-refractivity contribution is -0.123. The van der Waals surface area contributed by atoms with E-state index < -0.39 is 0 Å². The Bertz CT molecular complexity index is 554. The van der Waals surface area contributed by atoms with Crippen LogP contribution in [0.25, 0.3) is 0 Å². The number of anilines is 1. The minimum atomic E-state index is -0.167. The van der Waals surface area contributed by atoms with Crippen molar-refractivity contribution in [1.29, 1.82) is 0 Å². The van der Waals surface area contributed by atoms with E-state index in [0.29, 0.717) is 18.0 Å². The molecule has 6 nitrogen and oxygen atoms in total. The molecule has 0 radical (unpaired) electrons. The monoisotopic (exact) mass is 274 g/mol. The molecule has 106 valence electrons. The van der Waals surface area contributed by atoms with Crippen LogP contribution in [-0.2, 0) is 11.3 Å². The molecular formula is C14H18N4O2. The van der Waals surface area contributed by atoms with Crippen LogP contribution in [-0.4, -0.2) is 28.1 Å². The quantitative estimate of drug-likeness (QED) is 0.771. The summed E-state index contributed by atoms with van der Waals surface area (Å²) >= 11 is 0. The van der Waals surface area contributed by atoms with Gasteiger partial charge in [0.2, 0.25) is 0 Å². The molecule has 0 aliphatic carbocycles. The highest BCUT2D eigenvalue weighted by atomic mass is 16.5. The first-order valence-electron chi connectivity index (χ1n) is 6.37. The molecule has 1 amide bonds. The number of rotatable bonds is 6. The second kappa shape index (κ2) is 6.60. The molecule has 1 aromatic heterocycles. The number of hydrogen-bond acceptors (Lipinski definition) is 4. The van der Waals surface area contributed by atoms with Crippen LogP contribution < -0.4 is 15.8 Å². The molecule has 0 aliphatic rings. The van der Waals surface area contributed by atoms with Crippen LogP contribution in [0.5, 0.6) is 5.75 Å². The fourth-order valence-electron chi connectivity index (χ4n) is 1.83. The number of hydrogen-bond donors (Lipinski definition) is 2. The van der Waals surface area contributed by atoms with Gasteiger partial charge in [-0.05, 0) is 19.1 Å². The van der Waals surface area contributed by atoms with Crippen molar-refractivity contribution in [3.63, 3.8) is 0 Å². The largest absolute Gasteiger partial charge is 0.484 e. The zero-order valence-electron chi connectivity index (χ0n) is 11.3. The smallest absolute Gasteiger partial charge is 0.258 e. The summed E-state index contributed by atoms with van der Waals surface area (Å²) in [6.07, 6.45) is 5.27. The normalized spacial score (nSPS) is 11.8. The molecule has 6 heteroatoms. The zero-order valence-corrected chi connectivity index (χ0v) is 11.3. The van der Waals surface area contributed by atoms with Gasteiger partial charge in [-0.3, -0.25) is 4.79 Å². The third-order valence-corrected chi connectivity index (χ3v) is 2.68. The number of imidazole rings is 1. The third kappa shape index (κ3) is 4.31. The van der Waals surface area contributed by atoms with E-state index in [1.54, 1.807) is 36.8 Å². The lowest BCUT2D eigenvalue weighted by Gasteiger charge is -2.14. The number of nitrogens with two attached hydrogens (primary N) is 1. The lowest BCUT2D eigenvalue weighted by atomic mass is 10.3. The summed E-state index contributed by atoms with van der Waals surface area (Å²) in [5.74, 6) is 0.419. The molecule has 0 aliphatic heterocycles. The molecule has 0 spiro atoms. The molecule has 2 rings (SSSR count). The number of nitrogen functional groups attached to an aromatic ring is 1. The highest BCUT2D eigenvalue weighted by Crippen LogP contribution is 2.13. The molecule has 0 saturated heterocycles. The predicted molar refractivity (Wildman–Crippen MR) is 76.2 cm³/mol. The van der Waals surface area contributed by atoms with Crippen molar-refractivity contribution < 1.29 is 9.53 Å². The van der Waals surface area contributed by atoms with E-state index >= 15 is 0 Å². The predicted octanol–water partition coefficient (Wildman–Crippen LogP) is 1.05. The number of amides is 1. The van der Waals surface area contributed by atoms with Gasteiger partial charge in [0.15, 0.2) is 6.61 Å². The van der Waals surface area contributed by atoms with E-state index in [2.05, 4.69) is 10.3 Å². The van der Waals surface area contributed by atoms with Gasteiger partial charge in [0.05, 0.1) is 6.33 Å².